The number of alkyl halides is 3. The number of aromatic nitrogens is 1. The van der Waals surface area contributed by atoms with Gasteiger partial charge >= 0.3 is 6.18 Å². The molecule has 4 rings (SSSR count). The van der Waals surface area contributed by atoms with Gasteiger partial charge in [-0.1, -0.05) is 24.3 Å². The molecule has 0 saturated carbocycles. The van der Waals surface area contributed by atoms with Crippen molar-refractivity contribution in [2.45, 2.75) is 12.6 Å². The zero-order valence-corrected chi connectivity index (χ0v) is 16.6. The number of hydrogen-bond acceptors (Lipinski definition) is 5. The van der Waals surface area contributed by atoms with E-state index in [1.807, 2.05) is 0 Å². The molecule has 31 heavy (non-hydrogen) atoms. The van der Waals surface area contributed by atoms with Crippen LogP contribution in [0.15, 0.2) is 54.7 Å². The summed E-state index contributed by atoms with van der Waals surface area (Å²) in [5.74, 6) is -1.67. The first-order valence-electron chi connectivity index (χ1n) is 9.13. The Hall–Kier alpha value is -3.53. The zero-order valence-electron chi connectivity index (χ0n) is 15.8. The van der Waals surface area contributed by atoms with Crippen molar-refractivity contribution in [1.82, 2.24) is 9.88 Å². The van der Waals surface area contributed by atoms with Crippen LogP contribution < -0.4 is 5.32 Å². The minimum atomic E-state index is -4.66. The van der Waals surface area contributed by atoms with Crippen molar-refractivity contribution in [3.8, 4) is 0 Å². The van der Waals surface area contributed by atoms with Gasteiger partial charge in [-0.25, -0.2) is 4.98 Å². The Morgan fingerprint density at radius 2 is 1.61 bits per heavy atom. The lowest BCUT2D eigenvalue weighted by Crippen LogP contribution is -2.31. The molecule has 3 amide bonds. The van der Waals surface area contributed by atoms with Gasteiger partial charge in [0.25, 0.3) is 17.7 Å². The number of thiazole rings is 1. The van der Waals surface area contributed by atoms with Gasteiger partial charge < -0.3 is 0 Å². The van der Waals surface area contributed by atoms with Crippen molar-refractivity contribution in [1.29, 1.82) is 0 Å². The van der Waals surface area contributed by atoms with Gasteiger partial charge in [-0.3, -0.25) is 24.6 Å². The van der Waals surface area contributed by atoms with Crippen molar-refractivity contribution in [3.05, 3.63) is 81.9 Å². The van der Waals surface area contributed by atoms with E-state index in [0.717, 1.165) is 28.4 Å². The van der Waals surface area contributed by atoms with Crippen LogP contribution in [-0.2, 0) is 12.6 Å². The number of anilines is 1. The molecular weight excluding hydrogens is 431 g/mol. The largest absolute Gasteiger partial charge is 0.417 e. The van der Waals surface area contributed by atoms with Crippen LogP contribution in [0.25, 0.3) is 0 Å². The van der Waals surface area contributed by atoms with Crippen LogP contribution in [-0.4, -0.2) is 34.2 Å². The summed E-state index contributed by atoms with van der Waals surface area (Å²) in [6.45, 7) is 0.124. The summed E-state index contributed by atoms with van der Waals surface area (Å²) in [5, 5.41) is 2.50. The fourth-order valence-electron chi connectivity index (χ4n) is 3.24. The van der Waals surface area contributed by atoms with Crippen LogP contribution in [0.1, 0.15) is 41.5 Å². The predicted molar refractivity (Wildman–Crippen MR) is 107 cm³/mol. The van der Waals surface area contributed by atoms with Gasteiger partial charge in [0.2, 0.25) is 0 Å². The van der Waals surface area contributed by atoms with Crippen molar-refractivity contribution in [2.75, 3.05) is 11.9 Å². The van der Waals surface area contributed by atoms with E-state index in [4.69, 9.17) is 0 Å². The van der Waals surface area contributed by atoms with E-state index in [0.29, 0.717) is 22.4 Å². The second-order valence-electron chi connectivity index (χ2n) is 6.69. The first kappa shape index (κ1) is 20.7. The number of fused-ring (bicyclic) bond motifs is 1. The van der Waals surface area contributed by atoms with Gasteiger partial charge in [0.15, 0.2) is 5.13 Å². The Labute approximate surface area is 178 Å². The van der Waals surface area contributed by atoms with Crippen LogP contribution in [0.3, 0.4) is 0 Å². The second kappa shape index (κ2) is 7.95. The first-order valence-corrected chi connectivity index (χ1v) is 9.95. The predicted octanol–water partition coefficient (Wildman–Crippen LogP) is 4.25. The molecule has 1 N–H and O–H groups in total. The molecule has 0 atom stereocenters. The highest BCUT2D eigenvalue weighted by atomic mass is 32.1. The molecule has 1 aromatic heterocycles. The number of nitrogens with zero attached hydrogens (tertiary/aromatic N) is 2. The molecule has 1 aliphatic rings. The minimum Gasteiger partial charge on any atom is -0.298 e. The molecule has 10 heteroatoms. The Kier molecular flexibility index (Phi) is 5.32. The molecule has 0 saturated heterocycles. The maximum atomic E-state index is 13.1. The van der Waals surface area contributed by atoms with Crippen molar-refractivity contribution < 1.29 is 27.6 Å². The van der Waals surface area contributed by atoms with Gasteiger partial charge in [0.05, 0.1) is 22.3 Å². The number of rotatable bonds is 5. The van der Waals surface area contributed by atoms with Crippen molar-refractivity contribution in [2.24, 2.45) is 0 Å². The van der Waals surface area contributed by atoms with Crippen LogP contribution in [0.2, 0.25) is 0 Å². The molecule has 0 fully saturated rings. The first-order chi connectivity index (χ1) is 14.8. The number of halogens is 3. The summed E-state index contributed by atoms with van der Waals surface area (Å²) in [6.07, 6.45) is -2.90. The lowest BCUT2D eigenvalue weighted by Gasteiger charge is -2.12. The number of hydrogen-bond donors (Lipinski definition) is 1. The number of carbonyl (C=O) groups excluding carboxylic acids is 3. The smallest absolute Gasteiger partial charge is 0.298 e. The van der Waals surface area contributed by atoms with E-state index in [1.54, 1.807) is 24.3 Å². The van der Waals surface area contributed by atoms with Gasteiger partial charge in [0.1, 0.15) is 0 Å². The molecule has 6 nitrogen and oxygen atoms in total. The quantitative estimate of drug-likeness (QED) is 0.596. The molecule has 0 aliphatic carbocycles. The van der Waals surface area contributed by atoms with E-state index < -0.39 is 23.2 Å². The van der Waals surface area contributed by atoms with Crippen LogP contribution in [0, 0.1) is 0 Å². The third-order valence-corrected chi connectivity index (χ3v) is 5.68. The summed E-state index contributed by atoms with van der Waals surface area (Å²) in [5.41, 5.74) is -0.825. The number of carbonyl (C=O) groups is 3. The summed E-state index contributed by atoms with van der Waals surface area (Å²) in [4.78, 5) is 42.9. The Bertz CT molecular complexity index is 1150. The van der Waals surface area contributed by atoms with E-state index in [-0.39, 0.29) is 23.5 Å². The zero-order chi connectivity index (χ0) is 22.2. The second-order valence-corrected chi connectivity index (χ2v) is 7.80. The van der Waals surface area contributed by atoms with E-state index in [9.17, 15) is 27.6 Å². The van der Waals surface area contributed by atoms with Gasteiger partial charge in [-0.15, -0.1) is 11.3 Å². The van der Waals surface area contributed by atoms with E-state index in [2.05, 4.69) is 10.3 Å². The van der Waals surface area contributed by atoms with Crippen molar-refractivity contribution >= 4 is 34.2 Å². The molecular formula is C21H14F3N3O3S. The number of benzene rings is 2. The van der Waals surface area contributed by atoms with E-state index in [1.165, 1.54) is 18.3 Å². The molecule has 0 bridgehead atoms. The summed E-state index contributed by atoms with van der Waals surface area (Å²) in [6, 6.07) is 11.0. The normalized spacial score (nSPS) is 13.5. The number of nitrogens with one attached hydrogen (secondary N) is 1. The van der Waals surface area contributed by atoms with Gasteiger partial charge in [-0.2, -0.15) is 13.2 Å². The molecule has 2 heterocycles. The third kappa shape index (κ3) is 4.06. The third-order valence-electron chi connectivity index (χ3n) is 4.71. The summed E-state index contributed by atoms with van der Waals surface area (Å²) < 4.78 is 39.3. The minimum absolute atomic E-state index is 0.124. The monoisotopic (exact) mass is 445 g/mol. The van der Waals surface area contributed by atoms with E-state index >= 15 is 0 Å². The Morgan fingerprint density at radius 3 is 2.26 bits per heavy atom. The summed E-state index contributed by atoms with van der Waals surface area (Å²) in [7, 11) is 0. The maximum Gasteiger partial charge on any atom is 0.417 e. The average Bonchev–Trinajstić information content (AvgIpc) is 3.29. The highest BCUT2D eigenvalue weighted by Crippen LogP contribution is 2.32. The Balaban J connectivity index is 1.42. The maximum absolute atomic E-state index is 13.1. The fraction of sp³-hybridized carbons (Fsp3) is 0.143. The topological polar surface area (TPSA) is 79.4 Å². The molecule has 3 aromatic rings. The SMILES string of the molecule is O=C(Nc1ncc(CCN2C(=O)c3ccccc3C2=O)s1)c1ccccc1C(F)(F)F. The lowest BCUT2D eigenvalue weighted by molar-refractivity contribution is -0.137. The van der Waals surface area contributed by atoms with Gasteiger partial charge in [-0.05, 0) is 24.3 Å². The fourth-order valence-corrected chi connectivity index (χ4v) is 4.03. The van der Waals surface area contributed by atoms with Crippen molar-refractivity contribution in [3.63, 3.8) is 0 Å². The molecule has 0 radical (unpaired) electrons. The summed E-state index contributed by atoms with van der Waals surface area (Å²) >= 11 is 1.07. The molecule has 1 aliphatic heterocycles. The molecule has 0 unspecified atom stereocenters. The average molecular weight is 445 g/mol. The highest BCUT2D eigenvalue weighted by Gasteiger charge is 2.36. The molecule has 2 aromatic carbocycles. The molecule has 158 valence electrons. The molecule has 0 spiro atoms. The number of amides is 3. The van der Waals surface area contributed by atoms with Crippen LogP contribution in [0.4, 0.5) is 18.3 Å². The Morgan fingerprint density at radius 1 is 1.00 bits per heavy atom. The van der Waals surface area contributed by atoms with Crippen LogP contribution in [0.5, 0.6) is 0 Å². The lowest BCUT2D eigenvalue weighted by atomic mass is 10.1. The standard InChI is InChI=1S/C21H14F3N3O3S/c22-21(23,24)16-8-4-3-7-15(16)17(28)26-20-25-11-12(31-20)9-10-27-18(29)13-5-1-2-6-14(13)19(27)30/h1-8,11H,9-10H2,(H,25,26,28). The highest BCUT2D eigenvalue weighted by molar-refractivity contribution is 7.15. The van der Waals surface area contributed by atoms with Crippen LogP contribution >= 0.6 is 11.3 Å². The number of imide groups is 1. The van der Waals surface area contributed by atoms with Gasteiger partial charge in [0, 0.05) is 24.0 Å².